The number of nitrogens with zero attached hydrogens (tertiary/aromatic N) is 5. The Morgan fingerprint density at radius 2 is 2.00 bits per heavy atom. The van der Waals surface area contributed by atoms with E-state index >= 15 is 0 Å². The summed E-state index contributed by atoms with van der Waals surface area (Å²) in [5.74, 6) is 0.642. The number of hydrogen-bond donors (Lipinski definition) is 1. The van der Waals surface area contributed by atoms with Crippen LogP contribution in [0.25, 0.3) is 16.9 Å². The predicted octanol–water partition coefficient (Wildman–Crippen LogP) is 5.24. The van der Waals surface area contributed by atoms with Crippen LogP contribution in [0.3, 0.4) is 0 Å². The first-order chi connectivity index (χ1) is 16.9. The zero-order chi connectivity index (χ0) is 24.3. The minimum atomic E-state index is -2.75. The third-order valence-electron chi connectivity index (χ3n) is 6.56. The lowest BCUT2D eigenvalue weighted by Crippen LogP contribution is -2.14. The molecule has 0 radical (unpaired) electrons. The van der Waals surface area contributed by atoms with E-state index in [4.69, 9.17) is 10.5 Å². The molecule has 1 saturated carbocycles. The minimum Gasteiger partial charge on any atom is -0.482 e. The van der Waals surface area contributed by atoms with E-state index < -0.39 is 18.3 Å². The summed E-state index contributed by atoms with van der Waals surface area (Å²) in [5, 5.41) is 8.81. The highest BCUT2D eigenvalue weighted by Crippen LogP contribution is 2.38. The van der Waals surface area contributed by atoms with Gasteiger partial charge in [-0.15, -0.1) is 0 Å². The number of halogens is 3. The molecule has 3 aromatic heterocycles. The number of pyridine rings is 1. The topological polar surface area (TPSA) is 83.8 Å². The molecule has 10 heteroatoms. The first kappa shape index (κ1) is 21.7. The summed E-state index contributed by atoms with van der Waals surface area (Å²) in [5.41, 5.74) is 9.66. The Kier molecular flexibility index (Phi) is 5.05. The van der Waals surface area contributed by atoms with E-state index in [0.29, 0.717) is 35.0 Å². The third kappa shape index (κ3) is 3.92. The highest BCUT2D eigenvalue weighted by molar-refractivity contribution is 5.68. The second kappa shape index (κ2) is 8.14. The minimum absolute atomic E-state index is 0.199. The number of nitrogen functional groups attached to an aromatic ring is 1. The van der Waals surface area contributed by atoms with Gasteiger partial charge in [-0.05, 0) is 56.0 Å². The van der Waals surface area contributed by atoms with E-state index in [1.54, 1.807) is 19.3 Å². The Bertz CT molecular complexity index is 1420. The Morgan fingerprint density at radius 1 is 1.17 bits per heavy atom. The summed E-state index contributed by atoms with van der Waals surface area (Å²) in [6, 6.07) is 7.33. The van der Waals surface area contributed by atoms with Gasteiger partial charge in [0.25, 0.3) is 6.43 Å². The van der Waals surface area contributed by atoms with Gasteiger partial charge in [-0.3, -0.25) is 4.68 Å². The fraction of sp³-hybridized carbons (Fsp3) is 0.320. The molecule has 1 aliphatic carbocycles. The van der Waals surface area contributed by atoms with Crippen molar-refractivity contribution in [3.8, 4) is 22.7 Å². The Morgan fingerprint density at radius 3 is 2.77 bits per heavy atom. The van der Waals surface area contributed by atoms with Crippen molar-refractivity contribution in [2.75, 3.05) is 5.73 Å². The monoisotopic (exact) mass is 480 g/mol. The molecule has 35 heavy (non-hydrogen) atoms. The molecular formula is C25H23F3N6O. The molecule has 2 bridgehead atoms. The maximum Gasteiger partial charge on any atom is 0.282 e. The number of nitrogens with two attached hydrogens (primary N) is 1. The van der Waals surface area contributed by atoms with Gasteiger partial charge in [-0.1, -0.05) is 0 Å². The van der Waals surface area contributed by atoms with Crippen molar-refractivity contribution in [1.82, 2.24) is 24.5 Å². The molecule has 7 nitrogen and oxygen atoms in total. The van der Waals surface area contributed by atoms with Gasteiger partial charge < -0.3 is 10.5 Å². The van der Waals surface area contributed by atoms with Gasteiger partial charge in [-0.2, -0.15) is 10.2 Å². The first-order valence-electron chi connectivity index (χ1n) is 11.5. The highest BCUT2D eigenvalue weighted by atomic mass is 19.3. The van der Waals surface area contributed by atoms with Crippen molar-refractivity contribution < 1.29 is 17.9 Å². The normalized spacial score (nSPS) is 17.1. The van der Waals surface area contributed by atoms with Crippen molar-refractivity contribution in [2.24, 2.45) is 5.92 Å². The molecule has 0 unspecified atom stereocenters. The van der Waals surface area contributed by atoms with Gasteiger partial charge >= 0.3 is 0 Å². The van der Waals surface area contributed by atoms with E-state index in [1.165, 1.54) is 28.9 Å². The van der Waals surface area contributed by atoms with Crippen LogP contribution < -0.4 is 10.5 Å². The van der Waals surface area contributed by atoms with Crippen molar-refractivity contribution in [2.45, 2.75) is 45.3 Å². The standard InChI is InChI=1S/C25H23F3N6O/c1-13-19-8-17(26)4-5-21(19)34-18(9-20(32-34)24(27)28)6-15-11-31-33(12-14-2-3-14)23(15)16-7-22(35-13)25(29)30-10-16/h4-5,7-11,13-14,24H,2-3,6,12H2,1H3,(H2,29,30)/t13-/m1/s1. The summed E-state index contributed by atoms with van der Waals surface area (Å²) >= 11 is 0. The molecule has 4 aromatic rings. The smallest absolute Gasteiger partial charge is 0.282 e. The van der Waals surface area contributed by atoms with Crippen molar-refractivity contribution in [3.63, 3.8) is 0 Å². The summed E-state index contributed by atoms with van der Waals surface area (Å²) < 4.78 is 51.3. The molecule has 180 valence electrons. The molecule has 2 N–H and O–H groups in total. The van der Waals surface area contributed by atoms with Crippen LogP contribution in [0.2, 0.25) is 0 Å². The zero-order valence-electron chi connectivity index (χ0n) is 19.0. The van der Waals surface area contributed by atoms with E-state index in [9.17, 15) is 13.2 Å². The van der Waals surface area contributed by atoms with Crippen LogP contribution in [0.4, 0.5) is 19.0 Å². The maximum atomic E-state index is 14.3. The van der Waals surface area contributed by atoms with Crippen LogP contribution in [0.15, 0.2) is 42.7 Å². The quantitative estimate of drug-likeness (QED) is 0.433. The number of rotatable bonds is 3. The summed E-state index contributed by atoms with van der Waals surface area (Å²) in [6.45, 7) is 2.51. The lowest BCUT2D eigenvalue weighted by molar-refractivity contribution is 0.145. The molecule has 1 aromatic carbocycles. The Hall–Kier alpha value is -3.82. The van der Waals surface area contributed by atoms with Crippen molar-refractivity contribution in [1.29, 1.82) is 0 Å². The number of anilines is 1. The molecule has 2 aliphatic rings. The molecule has 0 spiro atoms. The molecule has 0 amide bonds. The highest BCUT2D eigenvalue weighted by Gasteiger charge is 2.28. The summed E-state index contributed by atoms with van der Waals surface area (Å²) in [4.78, 5) is 4.34. The van der Waals surface area contributed by atoms with Gasteiger partial charge in [0.2, 0.25) is 0 Å². The van der Waals surface area contributed by atoms with Crippen LogP contribution >= 0.6 is 0 Å². The SMILES string of the molecule is C[C@H]1Oc2cc(cnc2N)-c2c(cnn2CC2CC2)Cc2cc(C(F)F)nn2-c2ccc(F)cc21. The van der Waals surface area contributed by atoms with Crippen LogP contribution in [0, 0.1) is 11.7 Å². The summed E-state index contributed by atoms with van der Waals surface area (Å²) in [6.07, 6.45) is 2.61. The fourth-order valence-electron chi connectivity index (χ4n) is 4.62. The van der Waals surface area contributed by atoms with Crippen LogP contribution in [0.1, 0.15) is 54.8 Å². The fourth-order valence-corrected chi connectivity index (χ4v) is 4.62. The van der Waals surface area contributed by atoms with E-state index in [-0.39, 0.29) is 11.5 Å². The average Bonchev–Trinajstić information content (AvgIpc) is 3.41. The van der Waals surface area contributed by atoms with E-state index in [2.05, 4.69) is 15.2 Å². The Labute approximate surface area is 199 Å². The Balaban J connectivity index is 1.60. The summed E-state index contributed by atoms with van der Waals surface area (Å²) in [7, 11) is 0. The number of alkyl halides is 2. The van der Waals surface area contributed by atoms with Crippen LogP contribution in [-0.2, 0) is 13.0 Å². The van der Waals surface area contributed by atoms with Crippen molar-refractivity contribution >= 4 is 5.82 Å². The molecule has 6 rings (SSSR count). The van der Waals surface area contributed by atoms with Crippen molar-refractivity contribution in [3.05, 3.63) is 71.1 Å². The second-order valence-corrected chi connectivity index (χ2v) is 9.16. The zero-order valence-corrected chi connectivity index (χ0v) is 19.0. The van der Waals surface area contributed by atoms with Gasteiger partial charge in [-0.25, -0.2) is 22.8 Å². The lowest BCUT2D eigenvalue weighted by atomic mass is 10.0. The van der Waals surface area contributed by atoms with Gasteiger partial charge in [0.1, 0.15) is 17.6 Å². The molecule has 4 heterocycles. The van der Waals surface area contributed by atoms with Gasteiger partial charge in [0.05, 0.1) is 17.6 Å². The molecule has 0 saturated heterocycles. The van der Waals surface area contributed by atoms with E-state index in [1.807, 2.05) is 10.7 Å². The number of benzene rings is 1. The van der Waals surface area contributed by atoms with Gasteiger partial charge in [0.15, 0.2) is 11.6 Å². The molecular weight excluding hydrogens is 457 g/mol. The largest absolute Gasteiger partial charge is 0.482 e. The molecule has 1 atom stereocenters. The number of aromatic nitrogens is 5. The van der Waals surface area contributed by atoms with Gasteiger partial charge in [0, 0.05) is 41.5 Å². The average molecular weight is 480 g/mol. The second-order valence-electron chi connectivity index (χ2n) is 9.16. The number of hydrogen-bond acceptors (Lipinski definition) is 5. The maximum absolute atomic E-state index is 14.3. The number of fused-ring (bicyclic) bond motifs is 7. The molecule has 1 aliphatic heterocycles. The predicted molar refractivity (Wildman–Crippen MR) is 123 cm³/mol. The first-order valence-corrected chi connectivity index (χ1v) is 11.5. The van der Waals surface area contributed by atoms with Crippen LogP contribution in [0.5, 0.6) is 5.75 Å². The molecule has 1 fully saturated rings. The van der Waals surface area contributed by atoms with E-state index in [0.717, 1.165) is 36.2 Å². The number of ether oxygens (including phenoxy) is 1. The van der Waals surface area contributed by atoms with Crippen LogP contribution in [-0.4, -0.2) is 24.5 Å². The lowest BCUT2D eigenvalue weighted by Gasteiger charge is -2.22. The third-order valence-corrected chi connectivity index (χ3v) is 6.56.